The summed E-state index contributed by atoms with van der Waals surface area (Å²) in [7, 11) is 0. The van der Waals surface area contributed by atoms with Gasteiger partial charge in [0.25, 0.3) is 0 Å². The van der Waals surface area contributed by atoms with E-state index in [9.17, 15) is 0 Å². The summed E-state index contributed by atoms with van der Waals surface area (Å²) in [5.41, 5.74) is 7.01. The highest BCUT2D eigenvalue weighted by molar-refractivity contribution is 9.10. The smallest absolute Gasteiger partial charge is 0.148 e. The van der Waals surface area contributed by atoms with Gasteiger partial charge in [0.15, 0.2) is 0 Å². The zero-order valence-corrected chi connectivity index (χ0v) is 13.4. The molecular formula is C15H15BrN2OS. The highest BCUT2D eigenvalue weighted by atomic mass is 79.9. The molecule has 3 nitrogen and oxygen atoms in total. The van der Waals surface area contributed by atoms with Gasteiger partial charge in [-0.2, -0.15) is 5.26 Å². The molecule has 2 aromatic rings. The van der Waals surface area contributed by atoms with E-state index in [0.29, 0.717) is 6.42 Å². The Balaban J connectivity index is 2.14. The van der Waals surface area contributed by atoms with Crippen LogP contribution in [0.3, 0.4) is 0 Å². The normalized spacial score (nSPS) is 13.5. The van der Waals surface area contributed by atoms with Gasteiger partial charge in [0.2, 0.25) is 0 Å². The van der Waals surface area contributed by atoms with Crippen LogP contribution in [0, 0.1) is 11.3 Å². The Hall–Kier alpha value is -1.35. The zero-order valence-electron chi connectivity index (χ0n) is 11.0. The summed E-state index contributed by atoms with van der Waals surface area (Å²) in [6.07, 6.45) is 0.239. The summed E-state index contributed by atoms with van der Waals surface area (Å²) < 4.78 is 7.03. The Labute approximate surface area is 131 Å². The number of hydrogen-bond acceptors (Lipinski definition) is 4. The summed E-state index contributed by atoms with van der Waals surface area (Å²) in [6, 6.07) is 11.6. The van der Waals surface area contributed by atoms with Gasteiger partial charge >= 0.3 is 0 Å². The van der Waals surface area contributed by atoms with Crippen molar-refractivity contribution in [1.82, 2.24) is 0 Å². The van der Waals surface area contributed by atoms with Gasteiger partial charge in [0.05, 0.1) is 12.5 Å². The number of halogens is 1. The van der Waals surface area contributed by atoms with E-state index < -0.39 is 0 Å². The van der Waals surface area contributed by atoms with Crippen molar-refractivity contribution < 1.29 is 4.74 Å². The molecule has 0 fully saturated rings. The molecule has 2 unspecified atom stereocenters. The van der Waals surface area contributed by atoms with Crippen molar-refractivity contribution in [1.29, 1.82) is 5.26 Å². The number of nitrogens with two attached hydrogens (primary N) is 1. The molecule has 0 saturated heterocycles. The third-order valence-corrected chi connectivity index (χ3v) is 4.57. The standard InChI is InChI=1S/C15H15BrN2OS/c1-10(18)15(14-8-12(16)9-20-14)19-13-4-2-11(3-5-13)6-7-17/h2-5,8-10,15H,6,18H2,1H3. The van der Waals surface area contributed by atoms with Gasteiger partial charge in [-0.25, -0.2) is 0 Å². The predicted octanol–water partition coefficient (Wildman–Crippen LogP) is 4.04. The fourth-order valence-electron chi connectivity index (χ4n) is 1.83. The summed E-state index contributed by atoms with van der Waals surface area (Å²) in [6.45, 7) is 1.93. The van der Waals surface area contributed by atoms with Gasteiger partial charge in [0, 0.05) is 20.8 Å². The molecule has 1 heterocycles. The summed E-state index contributed by atoms with van der Waals surface area (Å²) >= 11 is 5.07. The maximum Gasteiger partial charge on any atom is 0.148 e. The SMILES string of the molecule is CC(N)C(Oc1ccc(CC#N)cc1)c1cc(Br)cs1. The quantitative estimate of drug-likeness (QED) is 0.884. The molecule has 0 radical (unpaired) electrons. The van der Waals surface area contributed by atoms with E-state index in [1.54, 1.807) is 11.3 Å². The maximum absolute atomic E-state index is 8.66. The molecule has 0 spiro atoms. The lowest BCUT2D eigenvalue weighted by atomic mass is 10.1. The summed E-state index contributed by atoms with van der Waals surface area (Å²) in [5, 5.41) is 10.7. The van der Waals surface area contributed by atoms with E-state index in [2.05, 4.69) is 22.0 Å². The van der Waals surface area contributed by atoms with E-state index >= 15 is 0 Å². The summed E-state index contributed by atoms with van der Waals surface area (Å²) in [5.74, 6) is 0.763. The van der Waals surface area contributed by atoms with Crippen LogP contribution in [0.4, 0.5) is 0 Å². The van der Waals surface area contributed by atoms with Crippen molar-refractivity contribution in [3.05, 3.63) is 50.6 Å². The second-order valence-corrected chi connectivity index (χ2v) is 6.40. The third kappa shape index (κ3) is 3.83. The maximum atomic E-state index is 8.66. The molecule has 2 atom stereocenters. The number of nitriles is 1. The van der Waals surface area contributed by atoms with Crippen LogP contribution in [0.25, 0.3) is 0 Å². The van der Waals surface area contributed by atoms with Crippen LogP contribution < -0.4 is 10.5 Å². The van der Waals surface area contributed by atoms with Crippen molar-refractivity contribution in [2.24, 2.45) is 5.73 Å². The minimum atomic E-state index is -0.173. The van der Waals surface area contributed by atoms with Crippen LogP contribution in [0.2, 0.25) is 0 Å². The molecular weight excluding hydrogens is 336 g/mol. The summed E-state index contributed by atoms with van der Waals surface area (Å²) in [4.78, 5) is 1.09. The Bertz CT molecular complexity index is 601. The molecule has 2 rings (SSSR count). The predicted molar refractivity (Wildman–Crippen MR) is 84.8 cm³/mol. The zero-order chi connectivity index (χ0) is 14.5. The first-order valence-corrected chi connectivity index (χ1v) is 7.89. The number of hydrogen-bond donors (Lipinski definition) is 1. The van der Waals surface area contributed by atoms with E-state index in [1.807, 2.05) is 42.6 Å². The molecule has 2 N–H and O–H groups in total. The van der Waals surface area contributed by atoms with E-state index in [-0.39, 0.29) is 12.1 Å². The molecule has 0 aliphatic rings. The first-order chi connectivity index (χ1) is 9.60. The Morgan fingerprint density at radius 1 is 1.40 bits per heavy atom. The van der Waals surface area contributed by atoms with Gasteiger partial charge in [0.1, 0.15) is 11.9 Å². The van der Waals surface area contributed by atoms with E-state index in [4.69, 9.17) is 15.7 Å². The number of ether oxygens (including phenoxy) is 1. The lowest BCUT2D eigenvalue weighted by Crippen LogP contribution is -2.28. The lowest BCUT2D eigenvalue weighted by molar-refractivity contribution is 0.184. The monoisotopic (exact) mass is 350 g/mol. The second-order valence-electron chi connectivity index (χ2n) is 4.54. The molecule has 0 saturated carbocycles. The van der Waals surface area contributed by atoms with Gasteiger partial charge in [-0.05, 0) is 46.6 Å². The van der Waals surface area contributed by atoms with Gasteiger partial charge in [-0.1, -0.05) is 12.1 Å². The van der Waals surface area contributed by atoms with E-state index in [1.165, 1.54) is 0 Å². The molecule has 20 heavy (non-hydrogen) atoms. The molecule has 0 amide bonds. The number of rotatable bonds is 5. The Morgan fingerprint density at radius 3 is 2.60 bits per heavy atom. The molecule has 1 aromatic carbocycles. The number of benzene rings is 1. The lowest BCUT2D eigenvalue weighted by Gasteiger charge is -2.21. The topological polar surface area (TPSA) is 59.0 Å². The minimum absolute atomic E-state index is 0.112. The average molecular weight is 351 g/mol. The van der Waals surface area contributed by atoms with Crippen molar-refractivity contribution in [2.75, 3.05) is 0 Å². The van der Waals surface area contributed by atoms with Gasteiger partial charge in [-0.3, -0.25) is 0 Å². The molecule has 0 bridgehead atoms. The van der Waals surface area contributed by atoms with Crippen LogP contribution in [-0.4, -0.2) is 6.04 Å². The van der Waals surface area contributed by atoms with Crippen LogP contribution in [-0.2, 0) is 6.42 Å². The fourth-order valence-corrected chi connectivity index (χ4v) is 3.41. The third-order valence-electron chi connectivity index (χ3n) is 2.82. The van der Waals surface area contributed by atoms with Crippen LogP contribution in [0.1, 0.15) is 23.5 Å². The first-order valence-electron chi connectivity index (χ1n) is 6.22. The highest BCUT2D eigenvalue weighted by Crippen LogP contribution is 2.31. The molecule has 104 valence electrons. The number of nitrogens with zero attached hydrogens (tertiary/aromatic N) is 1. The molecule has 0 aliphatic carbocycles. The van der Waals surface area contributed by atoms with Crippen LogP contribution >= 0.6 is 27.3 Å². The highest BCUT2D eigenvalue weighted by Gasteiger charge is 2.20. The first kappa shape index (κ1) is 15.0. The second kappa shape index (κ2) is 6.89. The van der Waals surface area contributed by atoms with Crippen molar-refractivity contribution >= 4 is 27.3 Å². The largest absolute Gasteiger partial charge is 0.483 e. The molecule has 0 aliphatic heterocycles. The van der Waals surface area contributed by atoms with Gasteiger partial charge in [-0.15, -0.1) is 11.3 Å². The minimum Gasteiger partial charge on any atom is -0.483 e. The molecule has 5 heteroatoms. The van der Waals surface area contributed by atoms with Crippen molar-refractivity contribution in [3.8, 4) is 11.8 Å². The van der Waals surface area contributed by atoms with E-state index in [0.717, 1.165) is 20.7 Å². The van der Waals surface area contributed by atoms with Gasteiger partial charge < -0.3 is 10.5 Å². The molecule has 1 aromatic heterocycles. The van der Waals surface area contributed by atoms with Crippen molar-refractivity contribution in [2.45, 2.75) is 25.5 Å². The van der Waals surface area contributed by atoms with Crippen LogP contribution in [0.15, 0.2) is 40.2 Å². The Morgan fingerprint density at radius 2 is 2.10 bits per heavy atom. The number of thiophene rings is 1. The van der Waals surface area contributed by atoms with Crippen molar-refractivity contribution in [3.63, 3.8) is 0 Å². The Kier molecular flexibility index (Phi) is 5.18. The fraction of sp³-hybridized carbons (Fsp3) is 0.267. The van der Waals surface area contributed by atoms with Crippen LogP contribution in [0.5, 0.6) is 5.75 Å². The average Bonchev–Trinajstić information content (AvgIpc) is 2.84.